The largest absolute Gasteiger partial charge is 0.0616 e. The molecule has 0 spiro atoms. The van der Waals surface area contributed by atoms with E-state index in [1.807, 2.05) is 0 Å². The van der Waals surface area contributed by atoms with E-state index in [1.54, 1.807) is 0 Å². The molecule has 0 unspecified atom stereocenters. The molecule has 12 aromatic carbocycles. The van der Waals surface area contributed by atoms with Gasteiger partial charge in [-0.25, -0.2) is 0 Å². The van der Waals surface area contributed by atoms with Gasteiger partial charge in [0.2, 0.25) is 0 Å². The van der Waals surface area contributed by atoms with Gasteiger partial charge in [0.15, 0.2) is 0 Å². The minimum atomic E-state index is -0.216. The van der Waals surface area contributed by atoms with Crippen molar-refractivity contribution in [2.75, 3.05) is 0 Å². The van der Waals surface area contributed by atoms with Crippen molar-refractivity contribution >= 4 is 75.4 Å². The Kier molecular flexibility index (Phi) is 6.02. The number of hydrogen-bond donors (Lipinski definition) is 0. The molecule has 0 fully saturated rings. The van der Waals surface area contributed by atoms with Crippen LogP contribution in [0.1, 0.15) is 99.9 Å². The predicted molar refractivity (Wildman–Crippen MR) is 282 cm³/mol. The summed E-state index contributed by atoms with van der Waals surface area (Å²) in [6, 6.07) is 57.4. The highest BCUT2D eigenvalue weighted by atomic mass is 14.5. The fourth-order valence-electron chi connectivity index (χ4n) is 15.3. The minimum Gasteiger partial charge on any atom is -0.0616 e. The van der Waals surface area contributed by atoms with E-state index in [4.69, 9.17) is 0 Å². The molecule has 0 aromatic heterocycles. The Bertz CT molecular complexity index is 4000. The van der Waals surface area contributed by atoms with Crippen LogP contribution in [0.5, 0.6) is 0 Å². The lowest BCUT2D eigenvalue weighted by Crippen LogP contribution is -2.25. The molecule has 0 atom stereocenters. The number of hydrogen-bond acceptors (Lipinski definition) is 0. The van der Waals surface area contributed by atoms with Crippen LogP contribution in [0.25, 0.3) is 120 Å². The van der Waals surface area contributed by atoms with Gasteiger partial charge in [-0.05, 0) is 189 Å². The molecule has 66 heavy (non-hydrogen) atoms. The standard InChI is InChI=1S/C66H48/c1-63(2)49-31-51-47(29-43(49)45-27-37-21-19-33-13-11-15-35-23-25-41(59(45)63)55(37)53(33)35)57-39-17-9-10-18-40(39)58-48-30-44-46-28-38-22-20-34-14-12-16-36-24-26-42(56(38)54(34)36)60(46)64(3,4)50(44)32-52(48)66(7,8)62(58)61(57)65(51,5)6/h9-32H,1-8H3. The molecule has 0 N–H and O–H groups in total. The van der Waals surface area contributed by atoms with Crippen molar-refractivity contribution in [1.82, 2.24) is 0 Å². The van der Waals surface area contributed by atoms with Crippen molar-refractivity contribution in [3.8, 4) is 44.5 Å². The zero-order valence-corrected chi connectivity index (χ0v) is 38.9. The van der Waals surface area contributed by atoms with Crippen LogP contribution < -0.4 is 0 Å². The van der Waals surface area contributed by atoms with Crippen molar-refractivity contribution in [2.24, 2.45) is 0 Å². The van der Waals surface area contributed by atoms with E-state index in [1.165, 1.54) is 164 Å². The Labute approximate surface area is 385 Å². The lowest BCUT2D eigenvalue weighted by molar-refractivity contribution is 0.596. The molecule has 0 heteroatoms. The van der Waals surface area contributed by atoms with Crippen LogP contribution in [0, 0.1) is 0 Å². The maximum atomic E-state index is 2.65. The molecule has 0 aliphatic heterocycles. The van der Waals surface area contributed by atoms with Crippen LogP contribution in [0.4, 0.5) is 0 Å². The lowest BCUT2D eigenvalue weighted by atomic mass is 9.70. The summed E-state index contributed by atoms with van der Waals surface area (Å²) < 4.78 is 0. The number of rotatable bonds is 0. The maximum absolute atomic E-state index is 2.65. The monoisotopic (exact) mass is 840 g/mol. The predicted octanol–water partition coefficient (Wildman–Crippen LogP) is 17.9. The molecule has 0 heterocycles. The van der Waals surface area contributed by atoms with Crippen LogP contribution >= 0.6 is 0 Å². The average molecular weight is 841 g/mol. The summed E-state index contributed by atoms with van der Waals surface area (Å²) in [6.45, 7) is 20.0. The quantitative estimate of drug-likeness (QED) is 0.133. The Balaban J connectivity index is 0.956. The first kappa shape index (κ1) is 36.2. The average Bonchev–Trinajstić information content (AvgIpc) is 3.88. The van der Waals surface area contributed by atoms with Gasteiger partial charge in [-0.15, -0.1) is 0 Å². The van der Waals surface area contributed by atoms with Crippen LogP contribution in [0.3, 0.4) is 0 Å². The normalized spacial score (nSPS) is 17.3. The highest BCUT2D eigenvalue weighted by Gasteiger charge is 2.50. The zero-order valence-electron chi connectivity index (χ0n) is 38.9. The van der Waals surface area contributed by atoms with Gasteiger partial charge in [-0.2, -0.15) is 0 Å². The Morgan fingerprint density at radius 1 is 0.242 bits per heavy atom. The summed E-state index contributed by atoms with van der Waals surface area (Å²) in [4.78, 5) is 0. The van der Waals surface area contributed by atoms with Gasteiger partial charge in [0.1, 0.15) is 0 Å². The van der Waals surface area contributed by atoms with Crippen LogP contribution in [0.15, 0.2) is 146 Å². The highest BCUT2D eigenvalue weighted by molar-refractivity contribution is 6.27. The molecule has 0 amide bonds. The van der Waals surface area contributed by atoms with E-state index >= 15 is 0 Å². The van der Waals surface area contributed by atoms with E-state index in [0.717, 1.165) is 0 Å². The van der Waals surface area contributed by atoms with Crippen molar-refractivity contribution in [1.29, 1.82) is 0 Å². The molecule has 12 aromatic rings. The SMILES string of the molecule is CC1(C)c2cc3c(cc2-c2c1c1c(c4ccccc24)-c2cc4c(cc2C1(C)C)C(C)(C)c1c-4cc2ccc4cccc5ccc1c2c45)-c1cc2ccc4cccc5ccc(c1C3(C)C)c2c45. The Morgan fingerprint density at radius 2 is 0.591 bits per heavy atom. The molecular weight excluding hydrogens is 793 g/mol. The summed E-state index contributed by atoms with van der Waals surface area (Å²) >= 11 is 0. The molecule has 4 aliphatic carbocycles. The molecule has 0 radical (unpaired) electrons. The van der Waals surface area contributed by atoms with Crippen molar-refractivity contribution < 1.29 is 0 Å². The second-order valence-electron chi connectivity index (χ2n) is 22.7. The maximum Gasteiger partial charge on any atom is 0.0165 e. The first-order valence-corrected chi connectivity index (χ1v) is 24.2. The summed E-state index contributed by atoms with van der Waals surface area (Å²) in [5, 5.41) is 19.2. The summed E-state index contributed by atoms with van der Waals surface area (Å²) in [5.74, 6) is 0. The van der Waals surface area contributed by atoms with Gasteiger partial charge in [0.05, 0.1) is 0 Å². The first-order chi connectivity index (χ1) is 31.8. The second-order valence-corrected chi connectivity index (χ2v) is 22.7. The van der Waals surface area contributed by atoms with Gasteiger partial charge in [0.25, 0.3) is 0 Å². The van der Waals surface area contributed by atoms with Gasteiger partial charge >= 0.3 is 0 Å². The first-order valence-electron chi connectivity index (χ1n) is 24.2. The van der Waals surface area contributed by atoms with Crippen molar-refractivity contribution in [2.45, 2.75) is 77.0 Å². The van der Waals surface area contributed by atoms with E-state index < -0.39 is 0 Å². The van der Waals surface area contributed by atoms with Gasteiger partial charge in [-0.3, -0.25) is 0 Å². The minimum absolute atomic E-state index is 0.162. The third-order valence-corrected chi connectivity index (χ3v) is 18.1. The molecule has 4 aliphatic rings. The smallest absolute Gasteiger partial charge is 0.0165 e. The molecule has 16 rings (SSSR count). The third-order valence-electron chi connectivity index (χ3n) is 18.1. The zero-order chi connectivity index (χ0) is 44.3. The van der Waals surface area contributed by atoms with Crippen LogP contribution in [0.2, 0.25) is 0 Å². The molecule has 0 saturated carbocycles. The lowest BCUT2D eigenvalue weighted by Gasteiger charge is -2.32. The van der Waals surface area contributed by atoms with Crippen LogP contribution in [-0.2, 0) is 21.7 Å². The Hall–Kier alpha value is -7.02. The van der Waals surface area contributed by atoms with E-state index in [9.17, 15) is 0 Å². The highest BCUT2D eigenvalue weighted by Crippen LogP contribution is 2.66. The van der Waals surface area contributed by atoms with Crippen molar-refractivity contribution in [3.63, 3.8) is 0 Å². The fraction of sp³-hybridized carbons (Fsp3) is 0.182. The Morgan fingerprint density at radius 3 is 1.00 bits per heavy atom. The second kappa shape index (κ2) is 11.0. The topological polar surface area (TPSA) is 0 Å². The molecule has 0 bridgehead atoms. The molecule has 312 valence electrons. The number of benzene rings is 12. The van der Waals surface area contributed by atoms with Crippen LogP contribution in [-0.4, -0.2) is 0 Å². The fourth-order valence-corrected chi connectivity index (χ4v) is 15.3. The summed E-state index contributed by atoms with van der Waals surface area (Å²) in [5.41, 5.74) is 22.4. The van der Waals surface area contributed by atoms with E-state index in [2.05, 4.69) is 201 Å². The van der Waals surface area contributed by atoms with Gasteiger partial charge in [-0.1, -0.05) is 177 Å². The summed E-state index contributed by atoms with van der Waals surface area (Å²) in [7, 11) is 0. The van der Waals surface area contributed by atoms with Gasteiger partial charge in [0, 0.05) is 21.7 Å². The third kappa shape index (κ3) is 3.83. The van der Waals surface area contributed by atoms with E-state index in [-0.39, 0.29) is 21.7 Å². The van der Waals surface area contributed by atoms with E-state index in [0.29, 0.717) is 0 Å². The molecule has 0 nitrogen and oxygen atoms in total. The summed E-state index contributed by atoms with van der Waals surface area (Å²) in [6.07, 6.45) is 0. The number of fused-ring (bicyclic) bond motifs is 18. The molecule has 0 saturated heterocycles. The van der Waals surface area contributed by atoms with Crippen molar-refractivity contribution in [3.05, 3.63) is 190 Å². The molecular formula is C66H48. The van der Waals surface area contributed by atoms with Gasteiger partial charge < -0.3 is 0 Å².